The molecular formula is C25H25ClN4O4S2. The van der Waals surface area contributed by atoms with Crippen LogP contribution in [0.5, 0.6) is 0 Å². The van der Waals surface area contributed by atoms with Crippen molar-refractivity contribution in [3.63, 3.8) is 0 Å². The zero-order chi connectivity index (χ0) is 25.7. The highest BCUT2D eigenvalue weighted by atomic mass is 35.5. The first kappa shape index (κ1) is 25.9. The van der Waals surface area contributed by atoms with E-state index < -0.39 is 27.9 Å². The molecule has 2 N–H and O–H groups in total. The molecule has 2 amide bonds. The Kier molecular flexibility index (Phi) is 8.07. The van der Waals surface area contributed by atoms with Crippen LogP contribution in [0.2, 0.25) is 4.34 Å². The number of thiophene rings is 1. The van der Waals surface area contributed by atoms with E-state index in [0.29, 0.717) is 31.9 Å². The highest BCUT2D eigenvalue weighted by molar-refractivity contribution is 7.89. The van der Waals surface area contributed by atoms with Crippen LogP contribution in [-0.4, -0.2) is 50.3 Å². The number of nitrogens with zero attached hydrogens (tertiary/aromatic N) is 2. The van der Waals surface area contributed by atoms with Crippen molar-refractivity contribution in [3.8, 4) is 0 Å². The number of likely N-dealkylation sites (tertiary alicyclic amines) is 1. The number of halogens is 1. The standard InChI is InChI=1S/C25H25ClN4O4S2/c1-36(33,34)29-23(30-15-5-6-16-30)18-9-11-19(12-10-18)27-25(32)22(17-7-3-2-4-8-17)28-24(31)20-13-14-21(26)35-20/h2-4,7-14,22H,5-6,15-16H2,1H3,(H,27,32)(H,28,31)/b29-23-. The first-order chi connectivity index (χ1) is 17.2. The summed E-state index contributed by atoms with van der Waals surface area (Å²) in [5.74, 6) is -0.426. The lowest BCUT2D eigenvalue weighted by atomic mass is 10.1. The van der Waals surface area contributed by atoms with E-state index in [1.807, 2.05) is 11.0 Å². The molecule has 0 saturated carbocycles. The van der Waals surface area contributed by atoms with Gasteiger partial charge < -0.3 is 15.5 Å². The summed E-state index contributed by atoms with van der Waals surface area (Å²) >= 11 is 7.08. The summed E-state index contributed by atoms with van der Waals surface area (Å²) in [6.07, 6.45) is 3.02. The third kappa shape index (κ3) is 6.71. The fraction of sp³-hybridized carbons (Fsp3) is 0.240. The van der Waals surface area contributed by atoms with Crippen molar-refractivity contribution in [1.29, 1.82) is 0 Å². The van der Waals surface area contributed by atoms with Crippen molar-refractivity contribution in [2.75, 3.05) is 24.7 Å². The summed E-state index contributed by atoms with van der Waals surface area (Å²) < 4.78 is 28.2. The molecule has 0 bridgehead atoms. The number of nitrogens with one attached hydrogen (secondary N) is 2. The molecule has 2 heterocycles. The SMILES string of the molecule is CS(=O)(=O)/N=C(/c1ccc(NC(=O)C(NC(=O)c2ccc(Cl)s2)c2ccccc2)cc1)N1CCCC1. The van der Waals surface area contributed by atoms with Crippen molar-refractivity contribution in [1.82, 2.24) is 10.2 Å². The average molecular weight is 545 g/mol. The van der Waals surface area contributed by atoms with Crippen molar-refractivity contribution < 1.29 is 18.0 Å². The highest BCUT2D eigenvalue weighted by Crippen LogP contribution is 2.24. The molecule has 1 unspecified atom stereocenters. The zero-order valence-electron chi connectivity index (χ0n) is 19.5. The first-order valence-corrected chi connectivity index (χ1v) is 14.3. The summed E-state index contributed by atoms with van der Waals surface area (Å²) in [5.41, 5.74) is 1.76. The minimum Gasteiger partial charge on any atom is -0.355 e. The second-order valence-electron chi connectivity index (χ2n) is 8.33. The molecule has 4 rings (SSSR count). The summed E-state index contributed by atoms with van der Waals surface area (Å²) in [6, 6.07) is 18.1. The molecule has 2 aromatic carbocycles. The summed E-state index contributed by atoms with van der Waals surface area (Å²) in [4.78, 5) is 28.3. The molecule has 36 heavy (non-hydrogen) atoms. The fourth-order valence-corrected chi connectivity index (χ4v) is 5.36. The van der Waals surface area contributed by atoms with Gasteiger partial charge in [-0.2, -0.15) is 0 Å². The van der Waals surface area contributed by atoms with E-state index in [1.54, 1.807) is 60.7 Å². The highest BCUT2D eigenvalue weighted by Gasteiger charge is 2.25. The Hall–Kier alpha value is -3.21. The van der Waals surface area contributed by atoms with Crippen molar-refractivity contribution in [3.05, 3.63) is 87.1 Å². The van der Waals surface area contributed by atoms with E-state index in [-0.39, 0.29) is 0 Å². The second kappa shape index (κ2) is 11.2. The lowest BCUT2D eigenvalue weighted by molar-refractivity contribution is -0.118. The van der Waals surface area contributed by atoms with Gasteiger partial charge in [0.1, 0.15) is 11.9 Å². The average Bonchev–Trinajstić information content (AvgIpc) is 3.54. The van der Waals surface area contributed by atoms with Crippen LogP contribution in [0.25, 0.3) is 0 Å². The van der Waals surface area contributed by atoms with Crippen molar-refractivity contribution >= 4 is 56.3 Å². The van der Waals surface area contributed by atoms with E-state index in [1.165, 1.54) is 0 Å². The quantitative estimate of drug-likeness (QED) is 0.340. The molecule has 0 spiro atoms. The molecule has 0 aliphatic carbocycles. The van der Waals surface area contributed by atoms with E-state index in [4.69, 9.17) is 11.6 Å². The van der Waals surface area contributed by atoms with Crippen molar-refractivity contribution in [2.45, 2.75) is 18.9 Å². The fourth-order valence-electron chi connectivity index (χ4n) is 3.88. The Bertz CT molecular complexity index is 1370. The Morgan fingerprint density at radius 3 is 2.25 bits per heavy atom. The largest absolute Gasteiger partial charge is 0.355 e. The number of anilines is 1. The Morgan fingerprint density at radius 2 is 1.67 bits per heavy atom. The van der Waals surface area contributed by atoms with Crippen LogP contribution in [-0.2, 0) is 14.8 Å². The van der Waals surface area contributed by atoms with Gasteiger partial charge in [-0.05, 0) is 54.8 Å². The van der Waals surface area contributed by atoms with Crippen LogP contribution < -0.4 is 10.6 Å². The second-order valence-corrected chi connectivity index (χ2v) is 11.7. The van der Waals surface area contributed by atoms with Crippen LogP contribution in [0.15, 0.2) is 71.1 Å². The van der Waals surface area contributed by atoms with E-state index in [2.05, 4.69) is 15.0 Å². The van der Waals surface area contributed by atoms with E-state index >= 15 is 0 Å². The number of carbonyl (C=O) groups excluding carboxylic acids is 2. The van der Waals surface area contributed by atoms with Gasteiger partial charge in [0.15, 0.2) is 0 Å². The molecule has 1 fully saturated rings. The zero-order valence-corrected chi connectivity index (χ0v) is 21.9. The number of benzene rings is 2. The molecular weight excluding hydrogens is 520 g/mol. The molecule has 3 aromatic rings. The minimum atomic E-state index is -3.58. The van der Waals surface area contributed by atoms with E-state index in [0.717, 1.165) is 43.5 Å². The lowest BCUT2D eigenvalue weighted by Crippen LogP contribution is -2.36. The number of rotatable bonds is 7. The molecule has 0 radical (unpaired) electrons. The van der Waals surface area contributed by atoms with Gasteiger partial charge in [-0.15, -0.1) is 15.7 Å². The van der Waals surface area contributed by atoms with Crippen molar-refractivity contribution in [2.24, 2.45) is 4.40 Å². The predicted molar refractivity (Wildman–Crippen MR) is 143 cm³/mol. The molecule has 188 valence electrons. The molecule has 1 saturated heterocycles. The van der Waals surface area contributed by atoms with Crippen LogP contribution in [0.3, 0.4) is 0 Å². The third-order valence-electron chi connectivity index (χ3n) is 5.54. The van der Waals surface area contributed by atoms with Crippen LogP contribution in [0, 0.1) is 0 Å². The maximum Gasteiger partial charge on any atom is 0.262 e. The number of hydrogen-bond acceptors (Lipinski definition) is 5. The Labute approximate surface area is 219 Å². The van der Waals surface area contributed by atoms with Gasteiger partial charge in [0, 0.05) is 24.3 Å². The summed E-state index contributed by atoms with van der Waals surface area (Å²) in [5, 5.41) is 5.62. The van der Waals surface area contributed by atoms with Gasteiger partial charge in [0.25, 0.3) is 21.8 Å². The number of amidine groups is 1. The summed E-state index contributed by atoms with van der Waals surface area (Å²) in [6.45, 7) is 1.47. The molecule has 11 heteroatoms. The lowest BCUT2D eigenvalue weighted by Gasteiger charge is -2.21. The summed E-state index contributed by atoms with van der Waals surface area (Å²) in [7, 11) is -3.58. The topological polar surface area (TPSA) is 108 Å². The third-order valence-corrected chi connectivity index (χ3v) is 7.27. The van der Waals surface area contributed by atoms with Gasteiger partial charge in [0.05, 0.1) is 15.5 Å². The monoisotopic (exact) mass is 544 g/mol. The molecule has 1 aliphatic heterocycles. The molecule has 8 nitrogen and oxygen atoms in total. The molecule has 1 atom stereocenters. The van der Waals surface area contributed by atoms with Gasteiger partial charge >= 0.3 is 0 Å². The number of hydrogen-bond donors (Lipinski definition) is 2. The first-order valence-electron chi connectivity index (χ1n) is 11.3. The van der Waals surface area contributed by atoms with Gasteiger partial charge in [-0.1, -0.05) is 41.9 Å². The maximum absolute atomic E-state index is 13.2. The normalized spacial score (nSPS) is 14.9. The molecule has 1 aliphatic rings. The Morgan fingerprint density at radius 1 is 1.00 bits per heavy atom. The molecule has 1 aromatic heterocycles. The predicted octanol–water partition coefficient (Wildman–Crippen LogP) is 4.31. The number of carbonyl (C=O) groups is 2. The smallest absolute Gasteiger partial charge is 0.262 e. The number of amides is 2. The maximum atomic E-state index is 13.2. The van der Waals surface area contributed by atoms with Gasteiger partial charge in [-0.25, -0.2) is 8.42 Å². The minimum absolute atomic E-state index is 0.400. The van der Waals surface area contributed by atoms with Crippen LogP contribution in [0.4, 0.5) is 5.69 Å². The van der Waals surface area contributed by atoms with E-state index in [9.17, 15) is 18.0 Å². The van der Waals surface area contributed by atoms with Crippen LogP contribution in [0.1, 0.15) is 39.7 Å². The van der Waals surface area contributed by atoms with Gasteiger partial charge in [0.2, 0.25) is 0 Å². The van der Waals surface area contributed by atoms with Crippen LogP contribution >= 0.6 is 22.9 Å². The van der Waals surface area contributed by atoms with Gasteiger partial charge in [-0.3, -0.25) is 9.59 Å². The number of sulfonamides is 1. The Balaban J connectivity index is 1.54.